The lowest BCUT2D eigenvalue weighted by molar-refractivity contribution is -0.122. The molecule has 0 saturated carbocycles. The van der Waals surface area contributed by atoms with Crippen molar-refractivity contribution >= 4 is 21.8 Å². The zero-order valence-electron chi connectivity index (χ0n) is 13.2. The minimum absolute atomic E-state index is 0.0612. The first kappa shape index (κ1) is 18.2. The van der Waals surface area contributed by atoms with Crippen molar-refractivity contribution in [2.75, 3.05) is 11.5 Å². The van der Waals surface area contributed by atoms with Crippen LogP contribution in [-0.2, 0) is 21.2 Å². The highest BCUT2D eigenvalue weighted by Gasteiger charge is 2.29. The summed E-state index contributed by atoms with van der Waals surface area (Å²) in [5.41, 5.74) is 0.734. The van der Waals surface area contributed by atoms with E-state index < -0.39 is 33.9 Å². The van der Waals surface area contributed by atoms with Crippen molar-refractivity contribution in [1.82, 2.24) is 16.0 Å². The molecule has 0 spiro atoms. The second kappa shape index (κ2) is 7.61. The Bertz CT molecular complexity index is 706. The summed E-state index contributed by atoms with van der Waals surface area (Å²) in [5.74, 6) is -0.767. The molecule has 3 amide bonds. The maximum absolute atomic E-state index is 12.8. The van der Waals surface area contributed by atoms with Crippen molar-refractivity contribution < 1.29 is 22.4 Å². The number of sulfone groups is 1. The third-order valence-corrected chi connectivity index (χ3v) is 5.46. The van der Waals surface area contributed by atoms with E-state index in [0.717, 1.165) is 5.56 Å². The van der Waals surface area contributed by atoms with Gasteiger partial charge in [0.15, 0.2) is 9.84 Å². The molecule has 1 aliphatic heterocycles. The molecule has 9 heteroatoms. The lowest BCUT2D eigenvalue weighted by Gasteiger charge is -2.17. The van der Waals surface area contributed by atoms with Crippen molar-refractivity contribution in [3.05, 3.63) is 35.6 Å². The number of carbonyl (C=O) groups is 2. The highest BCUT2D eigenvalue weighted by Crippen LogP contribution is 2.10. The van der Waals surface area contributed by atoms with Gasteiger partial charge >= 0.3 is 6.03 Å². The van der Waals surface area contributed by atoms with Gasteiger partial charge in [0, 0.05) is 12.6 Å². The van der Waals surface area contributed by atoms with Gasteiger partial charge in [0.25, 0.3) is 0 Å². The molecule has 1 aliphatic rings. The number of amides is 3. The molecule has 7 nitrogen and oxygen atoms in total. The van der Waals surface area contributed by atoms with Gasteiger partial charge in [0.1, 0.15) is 11.9 Å². The first-order valence-electron chi connectivity index (χ1n) is 7.55. The van der Waals surface area contributed by atoms with Crippen LogP contribution in [0.1, 0.15) is 18.9 Å². The monoisotopic (exact) mass is 357 g/mol. The standard InChI is InChI=1S/C15H20FN3O4S/c1-10(14(20)17-8-11-2-4-12(16)5-3-11)18-15(21)19-13-6-7-24(22,23)9-13/h2-5,10,13H,6-9H2,1H3,(H,17,20)(H2,18,19,21). The van der Waals surface area contributed by atoms with Gasteiger partial charge in [-0.3, -0.25) is 4.79 Å². The maximum Gasteiger partial charge on any atom is 0.315 e. The Morgan fingerprint density at radius 2 is 1.96 bits per heavy atom. The number of carbonyl (C=O) groups excluding carboxylic acids is 2. The number of urea groups is 1. The van der Waals surface area contributed by atoms with Crippen LogP contribution in [-0.4, -0.2) is 43.9 Å². The van der Waals surface area contributed by atoms with E-state index in [-0.39, 0.29) is 23.9 Å². The summed E-state index contributed by atoms with van der Waals surface area (Å²) in [7, 11) is -3.08. The fraction of sp³-hybridized carbons (Fsp3) is 0.467. The molecule has 1 aromatic rings. The van der Waals surface area contributed by atoms with Crippen molar-refractivity contribution in [3.8, 4) is 0 Å². The van der Waals surface area contributed by atoms with E-state index in [1.807, 2.05) is 0 Å². The Morgan fingerprint density at radius 3 is 2.54 bits per heavy atom. The Balaban J connectivity index is 1.74. The minimum Gasteiger partial charge on any atom is -0.350 e. The van der Waals surface area contributed by atoms with Gasteiger partial charge in [-0.25, -0.2) is 17.6 Å². The van der Waals surface area contributed by atoms with Crippen LogP contribution in [0.5, 0.6) is 0 Å². The molecule has 2 atom stereocenters. The van der Waals surface area contributed by atoms with E-state index in [4.69, 9.17) is 0 Å². The average molecular weight is 357 g/mol. The highest BCUT2D eigenvalue weighted by atomic mass is 32.2. The molecule has 3 N–H and O–H groups in total. The van der Waals surface area contributed by atoms with Crippen LogP contribution >= 0.6 is 0 Å². The Hall–Kier alpha value is -2.16. The Morgan fingerprint density at radius 1 is 1.29 bits per heavy atom. The van der Waals surface area contributed by atoms with Gasteiger partial charge in [0.05, 0.1) is 11.5 Å². The second-order valence-corrected chi connectivity index (χ2v) is 8.01. The van der Waals surface area contributed by atoms with Crippen molar-refractivity contribution in [2.45, 2.75) is 32.0 Å². The van der Waals surface area contributed by atoms with E-state index in [1.54, 1.807) is 12.1 Å². The van der Waals surface area contributed by atoms with Gasteiger partial charge < -0.3 is 16.0 Å². The zero-order valence-corrected chi connectivity index (χ0v) is 14.0. The molecular formula is C15H20FN3O4S. The average Bonchev–Trinajstić information content (AvgIpc) is 2.84. The van der Waals surface area contributed by atoms with Gasteiger partial charge in [-0.05, 0) is 31.0 Å². The molecule has 0 aliphatic carbocycles. The van der Waals surface area contributed by atoms with Crippen molar-refractivity contribution in [1.29, 1.82) is 0 Å². The molecule has 0 radical (unpaired) electrons. The van der Waals surface area contributed by atoms with E-state index in [2.05, 4.69) is 16.0 Å². The number of hydrogen-bond acceptors (Lipinski definition) is 4. The predicted molar refractivity (Wildman–Crippen MR) is 86.4 cm³/mol. The number of hydrogen-bond donors (Lipinski definition) is 3. The van der Waals surface area contributed by atoms with Gasteiger partial charge in [-0.15, -0.1) is 0 Å². The first-order chi connectivity index (χ1) is 11.2. The topological polar surface area (TPSA) is 104 Å². The third kappa shape index (κ3) is 5.48. The number of benzene rings is 1. The zero-order chi connectivity index (χ0) is 17.7. The van der Waals surface area contributed by atoms with Crippen molar-refractivity contribution in [3.63, 3.8) is 0 Å². The van der Waals surface area contributed by atoms with Crippen LogP contribution in [0.15, 0.2) is 24.3 Å². The maximum atomic E-state index is 12.8. The van der Waals surface area contributed by atoms with Crippen LogP contribution in [0.4, 0.5) is 9.18 Å². The van der Waals surface area contributed by atoms with Crippen LogP contribution in [0.2, 0.25) is 0 Å². The number of halogens is 1. The molecular weight excluding hydrogens is 337 g/mol. The van der Waals surface area contributed by atoms with Crippen LogP contribution in [0, 0.1) is 5.82 Å². The first-order valence-corrected chi connectivity index (χ1v) is 9.37. The van der Waals surface area contributed by atoms with Gasteiger partial charge in [0.2, 0.25) is 5.91 Å². The largest absolute Gasteiger partial charge is 0.350 e. The summed E-state index contributed by atoms with van der Waals surface area (Å²) in [5, 5.41) is 7.64. The van der Waals surface area contributed by atoms with Gasteiger partial charge in [-0.2, -0.15) is 0 Å². The smallest absolute Gasteiger partial charge is 0.315 e. The molecule has 2 unspecified atom stereocenters. The number of rotatable bonds is 5. The Labute approximate surface area is 139 Å². The summed E-state index contributed by atoms with van der Waals surface area (Å²) in [4.78, 5) is 23.7. The van der Waals surface area contributed by atoms with E-state index in [0.29, 0.717) is 6.42 Å². The van der Waals surface area contributed by atoms with Gasteiger partial charge in [-0.1, -0.05) is 12.1 Å². The normalized spacial score (nSPS) is 20.2. The molecule has 2 rings (SSSR count). The summed E-state index contributed by atoms with van der Waals surface area (Å²) in [6.07, 6.45) is 0.376. The SMILES string of the molecule is CC(NC(=O)NC1CCS(=O)(=O)C1)C(=O)NCc1ccc(F)cc1. The summed E-state index contributed by atoms with van der Waals surface area (Å²) < 4.78 is 35.5. The van der Waals surface area contributed by atoms with E-state index in [1.165, 1.54) is 19.1 Å². The van der Waals surface area contributed by atoms with E-state index in [9.17, 15) is 22.4 Å². The fourth-order valence-corrected chi connectivity index (χ4v) is 4.02. The molecule has 1 aromatic carbocycles. The third-order valence-electron chi connectivity index (χ3n) is 3.69. The fourth-order valence-electron chi connectivity index (χ4n) is 2.34. The Kier molecular flexibility index (Phi) is 5.76. The second-order valence-electron chi connectivity index (χ2n) is 5.78. The molecule has 24 heavy (non-hydrogen) atoms. The lowest BCUT2D eigenvalue weighted by atomic mass is 10.2. The molecule has 1 heterocycles. The molecule has 0 aromatic heterocycles. The van der Waals surface area contributed by atoms with Crippen LogP contribution in [0.3, 0.4) is 0 Å². The lowest BCUT2D eigenvalue weighted by Crippen LogP contribution is -2.50. The van der Waals surface area contributed by atoms with Crippen LogP contribution < -0.4 is 16.0 Å². The molecule has 0 bridgehead atoms. The summed E-state index contributed by atoms with van der Waals surface area (Å²) in [6, 6.07) is 3.91. The van der Waals surface area contributed by atoms with E-state index >= 15 is 0 Å². The summed E-state index contributed by atoms with van der Waals surface area (Å²) in [6.45, 7) is 1.73. The summed E-state index contributed by atoms with van der Waals surface area (Å²) >= 11 is 0. The highest BCUT2D eigenvalue weighted by molar-refractivity contribution is 7.91. The predicted octanol–water partition coefficient (Wildman–Crippen LogP) is 0.317. The number of nitrogens with one attached hydrogen (secondary N) is 3. The quantitative estimate of drug-likeness (QED) is 0.706. The molecule has 1 fully saturated rings. The van der Waals surface area contributed by atoms with Crippen molar-refractivity contribution in [2.24, 2.45) is 0 Å². The molecule has 132 valence electrons. The van der Waals surface area contributed by atoms with Crippen LogP contribution in [0.25, 0.3) is 0 Å². The molecule has 1 saturated heterocycles. The minimum atomic E-state index is -3.08.